The van der Waals surface area contributed by atoms with Gasteiger partial charge in [0.25, 0.3) is 0 Å². The van der Waals surface area contributed by atoms with Crippen LogP contribution in [0.15, 0.2) is 22.7 Å². The molecule has 0 saturated carbocycles. The molecule has 1 aromatic carbocycles. The molecule has 2 aromatic rings. The number of hydrogen-bond donors (Lipinski definition) is 1. The van der Waals surface area contributed by atoms with Gasteiger partial charge in [0.05, 0.1) is 5.52 Å². The quantitative estimate of drug-likeness (QED) is 0.775. The summed E-state index contributed by atoms with van der Waals surface area (Å²) in [5, 5.41) is 0.990. The number of hydrogen-bond acceptors (Lipinski definition) is 1. The lowest BCUT2D eigenvalue weighted by atomic mass is 10.1. The molecule has 0 spiro atoms. The lowest BCUT2D eigenvalue weighted by Gasteiger charge is -1.95. The zero-order chi connectivity index (χ0) is 10.3. The van der Waals surface area contributed by atoms with Crippen molar-refractivity contribution in [1.29, 1.82) is 0 Å². The van der Waals surface area contributed by atoms with Crippen molar-refractivity contribution < 1.29 is 4.79 Å². The maximum Gasteiger partial charge on any atom is 0.162 e. The number of aromatic amines is 1. The normalized spacial score (nSPS) is 10.8. The van der Waals surface area contributed by atoms with Gasteiger partial charge in [-0.05, 0) is 35.8 Å². The topological polar surface area (TPSA) is 32.9 Å². The van der Waals surface area contributed by atoms with Crippen molar-refractivity contribution >= 4 is 32.6 Å². The van der Waals surface area contributed by atoms with E-state index in [4.69, 9.17) is 0 Å². The standard InChI is InChI=1S/C11H10BrNO/c1-6-10(7(2)14)8-4-3-5-9(12)11(8)13-6/h3-5,13H,1-2H3. The number of aryl methyl sites for hydroxylation is 1. The summed E-state index contributed by atoms with van der Waals surface area (Å²) in [4.78, 5) is 14.6. The van der Waals surface area contributed by atoms with Crippen LogP contribution in [0.5, 0.6) is 0 Å². The second-order valence-electron chi connectivity index (χ2n) is 3.34. The molecular weight excluding hydrogens is 242 g/mol. The van der Waals surface area contributed by atoms with Gasteiger partial charge in [-0.15, -0.1) is 0 Å². The Morgan fingerprint density at radius 2 is 2.14 bits per heavy atom. The summed E-state index contributed by atoms with van der Waals surface area (Å²) in [6.07, 6.45) is 0. The summed E-state index contributed by atoms with van der Waals surface area (Å²) in [6.45, 7) is 3.51. The highest BCUT2D eigenvalue weighted by atomic mass is 79.9. The lowest BCUT2D eigenvalue weighted by Crippen LogP contribution is -1.92. The molecule has 1 heterocycles. The van der Waals surface area contributed by atoms with Gasteiger partial charge in [-0.1, -0.05) is 12.1 Å². The minimum Gasteiger partial charge on any atom is -0.357 e. The number of H-pyrrole nitrogens is 1. The van der Waals surface area contributed by atoms with E-state index in [9.17, 15) is 4.79 Å². The summed E-state index contributed by atoms with van der Waals surface area (Å²) >= 11 is 3.45. The van der Waals surface area contributed by atoms with Crippen LogP contribution >= 0.6 is 15.9 Å². The van der Waals surface area contributed by atoms with Crippen LogP contribution in [-0.4, -0.2) is 10.8 Å². The van der Waals surface area contributed by atoms with Gasteiger partial charge in [0.15, 0.2) is 5.78 Å². The van der Waals surface area contributed by atoms with Gasteiger partial charge >= 0.3 is 0 Å². The molecule has 72 valence electrons. The fourth-order valence-corrected chi connectivity index (χ4v) is 2.23. The molecule has 0 saturated heterocycles. The molecular formula is C11H10BrNO. The van der Waals surface area contributed by atoms with Gasteiger partial charge in [0, 0.05) is 21.1 Å². The maximum atomic E-state index is 11.4. The number of carbonyl (C=O) groups excluding carboxylic acids is 1. The first-order valence-corrected chi connectivity index (χ1v) is 5.18. The third-order valence-corrected chi connectivity index (χ3v) is 2.98. The van der Waals surface area contributed by atoms with Gasteiger partial charge in [-0.25, -0.2) is 0 Å². The van der Waals surface area contributed by atoms with E-state index in [1.165, 1.54) is 0 Å². The molecule has 0 aliphatic rings. The van der Waals surface area contributed by atoms with Crippen LogP contribution in [0.3, 0.4) is 0 Å². The van der Waals surface area contributed by atoms with Crippen LogP contribution in [0.2, 0.25) is 0 Å². The molecule has 0 bridgehead atoms. The second kappa shape index (κ2) is 3.24. The Labute approximate surface area is 90.4 Å². The summed E-state index contributed by atoms with van der Waals surface area (Å²) in [7, 11) is 0. The summed E-state index contributed by atoms with van der Waals surface area (Å²) < 4.78 is 0.991. The highest BCUT2D eigenvalue weighted by Gasteiger charge is 2.13. The number of nitrogens with one attached hydrogen (secondary N) is 1. The summed E-state index contributed by atoms with van der Waals surface area (Å²) in [5.74, 6) is 0.104. The molecule has 0 amide bonds. The predicted octanol–water partition coefficient (Wildman–Crippen LogP) is 3.44. The van der Waals surface area contributed by atoms with Gasteiger partial charge in [0.1, 0.15) is 0 Å². The fraction of sp³-hybridized carbons (Fsp3) is 0.182. The van der Waals surface area contributed by atoms with Crippen molar-refractivity contribution in [2.75, 3.05) is 0 Å². The maximum absolute atomic E-state index is 11.4. The predicted molar refractivity (Wildman–Crippen MR) is 60.7 cm³/mol. The SMILES string of the molecule is CC(=O)c1c(C)[nH]c2c(Br)cccc12. The highest BCUT2D eigenvalue weighted by molar-refractivity contribution is 9.10. The lowest BCUT2D eigenvalue weighted by molar-refractivity contribution is 0.101. The Morgan fingerprint density at radius 3 is 2.79 bits per heavy atom. The number of carbonyl (C=O) groups is 1. The molecule has 1 N–H and O–H groups in total. The van der Waals surface area contributed by atoms with Crippen LogP contribution < -0.4 is 0 Å². The van der Waals surface area contributed by atoms with Crippen LogP contribution in [0.1, 0.15) is 23.0 Å². The first-order chi connectivity index (χ1) is 6.61. The summed E-state index contributed by atoms with van der Waals surface area (Å²) in [6, 6.07) is 5.86. The van der Waals surface area contributed by atoms with E-state index in [2.05, 4.69) is 20.9 Å². The van der Waals surface area contributed by atoms with Crippen molar-refractivity contribution in [2.24, 2.45) is 0 Å². The first kappa shape index (κ1) is 9.46. The fourth-order valence-electron chi connectivity index (χ4n) is 1.77. The van der Waals surface area contributed by atoms with Crippen molar-refractivity contribution in [3.05, 3.63) is 33.9 Å². The van der Waals surface area contributed by atoms with E-state index in [1.54, 1.807) is 6.92 Å². The number of halogens is 1. The molecule has 0 unspecified atom stereocenters. The number of aromatic nitrogens is 1. The average molecular weight is 252 g/mol. The van der Waals surface area contributed by atoms with Gasteiger partial charge < -0.3 is 4.98 Å². The Morgan fingerprint density at radius 1 is 1.43 bits per heavy atom. The Bertz CT molecular complexity index is 513. The Balaban J connectivity index is 2.90. The number of rotatable bonds is 1. The van der Waals surface area contributed by atoms with E-state index in [0.29, 0.717) is 0 Å². The van der Waals surface area contributed by atoms with E-state index < -0.39 is 0 Å². The monoisotopic (exact) mass is 251 g/mol. The molecule has 3 heteroatoms. The van der Waals surface area contributed by atoms with E-state index >= 15 is 0 Å². The minimum atomic E-state index is 0.104. The molecule has 0 aliphatic heterocycles. The Kier molecular flexibility index (Phi) is 2.19. The van der Waals surface area contributed by atoms with Crippen LogP contribution in [0.25, 0.3) is 10.9 Å². The molecule has 1 aromatic heterocycles. The minimum absolute atomic E-state index is 0.104. The van der Waals surface area contributed by atoms with Crippen molar-refractivity contribution in [3.8, 4) is 0 Å². The number of fused-ring (bicyclic) bond motifs is 1. The second-order valence-corrected chi connectivity index (χ2v) is 4.20. The van der Waals surface area contributed by atoms with Crippen molar-refractivity contribution in [1.82, 2.24) is 4.98 Å². The first-order valence-electron chi connectivity index (χ1n) is 4.39. The van der Waals surface area contributed by atoms with Gasteiger partial charge in [-0.2, -0.15) is 0 Å². The molecule has 0 fully saturated rings. The average Bonchev–Trinajstić information content (AvgIpc) is 2.42. The van der Waals surface area contributed by atoms with Gasteiger partial charge in [-0.3, -0.25) is 4.79 Å². The number of Topliss-reactive ketones (excluding diaryl/α,β-unsaturated/α-hetero) is 1. The van der Waals surface area contributed by atoms with E-state index in [1.807, 2.05) is 25.1 Å². The molecule has 14 heavy (non-hydrogen) atoms. The van der Waals surface area contributed by atoms with Crippen molar-refractivity contribution in [2.45, 2.75) is 13.8 Å². The van der Waals surface area contributed by atoms with E-state index in [-0.39, 0.29) is 5.78 Å². The zero-order valence-electron chi connectivity index (χ0n) is 8.02. The third-order valence-electron chi connectivity index (χ3n) is 2.32. The molecule has 0 aliphatic carbocycles. The van der Waals surface area contributed by atoms with Crippen LogP contribution in [-0.2, 0) is 0 Å². The van der Waals surface area contributed by atoms with Crippen LogP contribution in [0, 0.1) is 6.92 Å². The molecule has 2 rings (SSSR count). The summed E-state index contributed by atoms with van der Waals surface area (Å²) in [5.41, 5.74) is 2.72. The Hall–Kier alpha value is -1.09. The highest BCUT2D eigenvalue weighted by Crippen LogP contribution is 2.28. The smallest absolute Gasteiger partial charge is 0.162 e. The molecule has 2 nitrogen and oxygen atoms in total. The van der Waals surface area contributed by atoms with Crippen LogP contribution in [0.4, 0.5) is 0 Å². The molecule has 0 radical (unpaired) electrons. The zero-order valence-corrected chi connectivity index (χ0v) is 9.60. The van der Waals surface area contributed by atoms with E-state index in [0.717, 1.165) is 26.6 Å². The number of benzene rings is 1. The molecule has 0 atom stereocenters. The number of para-hydroxylation sites is 1. The third kappa shape index (κ3) is 1.28. The van der Waals surface area contributed by atoms with Crippen molar-refractivity contribution in [3.63, 3.8) is 0 Å². The largest absolute Gasteiger partial charge is 0.357 e. The van der Waals surface area contributed by atoms with Gasteiger partial charge in [0.2, 0.25) is 0 Å². The number of ketones is 1.